The Labute approximate surface area is 102 Å². The minimum Gasteiger partial charge on any atom is -0.334 e. The highest BCUT2D eigenvalue weighted by Crippen LogP contribution is 2.19. The largest absolute Gasteiger partial charge is 0.334 e. The second-order valence-electron chi connectivity index (χ2n) is 3.33. The zero-order chi connectivity index (χ0) is 13.2. The number of nitro benzene ring substituents is 1. The van der Waals surface area contributed by atoms with Gasteiger partial charge in [0.05, 0.1) is 23.1 Å². The highest BCUT2D eigenvalue weighted by Gasteiger charge is 2.16. The molecule has 0 aliphatic rings. The van der Waals surface area contributed by atoms with Gasteiger partial charge in [-0.25, -0.2) is 4.98 Å². The van der Waals surface area contributed by atoms with Crippen molar-refractivity contribution in [1.82, 2.24) is 9.97 Å². The van der Waals surface area contributed by atoms with Crippen LogP contribution < -0.4 is 4.72 Å². The first-order valence-corrected chi connectivity index (χ1v) is 6.23. The van der Waals surface area contributed by atoms with Crippen LogP contribution >= 0.6 is 0 Å². The summed E-state index contributed by atoms with van der Waals surface area (Å²) in [5.41, 5.74) is -0.0846. The maximum atomic E-state index is 11.8. The highest BCUT2D eigenvalue weighted by atomic mass is 32.2. The number of hydrogen-bond acceptors (Lipinski definition) is 5. The van der Waals surface area contributed by atoms with Gasteiger partial charge in [-0.2, -0.15) is 8.42 Å². The molecule has 2 N–H and O–H groups in total. The summed E-state index contributed by atoms with van der Waals surface area (Å²) in [4.78, 5) is 16.0. The van der Waals surface area contributed by atoms with Gasteiger partial charge in [0.1, 0.15) is 0 Å². The first kappa shape index (κ1) is 12.0. The Hall–Kier alpha value is -2.42. The van der Waals surface area contributed by atoms with E-state index in [1.807, 2.05) is 0 Å². The van der Waals surface area contributed by atoms with Crippen molar-refractivity contribution < 1.29 is 13.3 Å². The first-order chi connectivity index (χ1) is 8.49. The van der Waals surface area contributed by atoms with E-state index in [-0.39, 0.29) is 16.4 Å². The lowest BCUT2D eigenvalue weighted by molar-refractivity contribution is -0.384. The predicted molar refractivity (Wildman–Crippen MR) is 62.5 cm³/mol. The third kappa shape index (κ3) is 2.46. The van der Waals surface area contributed by atoms with Gasteiger partial charge in [-0.15, -0.1) is 0 Å². The summed E-state index contributed by atoms with van der Waals surface area (Å²) in [5.74, 6) is 0. The van der Waals surface area contributed by atoms with Gasteiger partial charge in [-0.05, 0) is 6.07 Å². The quantitative estimate of drug-likeness (QED) is 0.636. The number of imidazole rings is 1. The Morgan fingerprint density at radius 3 is 2.78 bits per heavy atom. The fraction of sp³-hybridized carbons (Fsp3) is 0. The van der Waals surface area contributed by atoms with Crippen LogP contribution in [0, 0.1) is 10.1 Å². The van der Waals surface area contributed by atoms with Crippen molar-refractivity contribution in [2.75, 3.05) is 4.72 Å². The molecule has 9 heteroatoms. The number of H-pyrrole nitrogens is 1. The van der Waals surface area contributed by atoms with Gasteiger partial charge in [-0.3, -0.25) is 14.8 Å². The number of aromatic amines is 1. The molecule has 1 aromatic carbocycles. The summed E-state index contributed by atoms with van der Waals surface area (Å²) in [5, 5.41) is 10.4. The predicted octanol–water partition coefficient (Wildman–Crippen LogP) is 1.12. The fourth-order valence-electron chi connectivity index (χ4n) is 1.28. The molecule has 0 spiro atoms. The van der Waals surface area contributed by atoms with Gasteiger partial charge in [-0.1, -0.05) is 6.07 Å². The lowest BCUT2D eigenvalue weighted by Crippen LogP contribution is -2.13. The molecule has 0 saturated carbocycles. The third-order valence-corrected chi connectivity index (χ3v) is 3.38. The van der Waals surface area contributed by atoms with E-state index in [1.54, 1.807) is 0 Å². The summed E-state index contributed by atoms with van der Waals surface area (Å²) in [7, 11) is -3.80. The molecular formula is C9H8N4O4S. The summed E-state index contributed by atoms with van der Waals surface area (Å²) < 4.78 is 25.8. The molecule has 0 saturated heterocycles. The molecular weight excluding hydrogens is 260 g/mol. The number of rotatable bonds is 4. The average Bonchev–Trinajstić information content (AvgIpc) is 2.82. The van der Waals surface area contributed by atoms with Crippen LogP contribution in [-0.4, -0.2) is 23.3 Å². The van der Waals surface area contributed by atoms with Crippen molar-refractivity contribution in [1.29, 1.82) is 0 Å². The van der Waals surface area contributed by atoms with E-state index in [1.165, 1.54) is 24.5 Å². The van der Waals surface area contributed by atoms with Crippen molar-refractivity contribution in [2.45, 2.75) is 5.03 Å². The van der Waals surface area contributed by atoms with Crippen LogP contribution in [0.4, 0.5) is 11.4 Å². The Morgan fingerprint density at radius 2 is 2.17 bits per heavy atom. The van der Waals surface area contributed by atoms with E-state index >= 15 is 0 Å². The van der Waals surface area contributed by atoms with Crippen molar-refractivity contribution in [2.24, 2.45) is 0 Å². The number of benzene rings is 1. The summed E-state index contributed by atoms with van der Waals surface area (Å²) in [6, 6.07) is 5.21. The Balaban J connectivity index is 2.30. The second kappa shape index (κ2) is 4.45. The molecule has 0 aliphatic carbocycles. The average molecular weight is 268 g/mol. The van der Waals surface area contributed by atoms with Crippen molar-refractivity contribution in [3.63, 3.8) is 0 Å². The number of nitro groups is 1. The number of hydrogen-bond donors (Lipinski definition) is 2. The molecule has 1 aromatic heterocycles. The minimum atomic E-state index is -3.80. The van der Waals surface area contributed by atoms with Crippen LogP contribution in [0.3, 0.4) is 0 Å². The van der Waals surface area contributed by atoms with Gasteiger partial charge in [0.15, 0.2) is 5.03 Å². The lowest BCUT2D eigenvalue weighted by atomic mass is 10.3. The second-order valence-corrected chi connectivity index (χ2v) is 4.98. The van der Waals surface area contributed by atoms with Crippen LogP contribution in [0.25, 0.3) is 0 Å². The molecule has 0 amide bonds. The lowest BCUT2D eigenvalue weighted by Gasteiger charge is -2.05. The summed E-state index contributed by atoms with van der Waals surface area (Å²) in [6.45, 7) is 0. The normalized spacial score (nSPS) is 11.1. The van der Waals surface area contributed by atoms with E-state index in [2.05, 4.69) is 14.7 Å². The van der Waals surface area contributed by atoms with Gasteiger partial charge < -0.3 is 4.98 Å². The molecule has 94 valence electrons. The minimum absolute atomic E-state index is 0.110. The molecule has 8 nitrogen and oxygen atoms in total. The third-order valence-electron chi connectivity index (χ3n) is 2.07. The molecule has 2 rings (SSSR count). The standard InChI is InChI=1S/C9H8N4O4S/c14-13(15)8-3-1-2-7(4-8)12-18(16,17)9-5-10-6-11-9/h1-6,12H,(H,10,11). The summed E-state index contributed by atoms with van der Waals surface area (Å²) >= 11 is 0. The molecule has 0 aliphatic heterocycles. The maximum absolute atomic E-state index is 11.8. The Morgan fingerprint density at radius 1 is 1.39 bits per heavy atom. The number of aromatic nitrogens is 2. The van der Waals surface area contributed by atoms with Crippen LogP contribution in [0.15, 0.2) is 41.8 Å². The van der Waals surface area contributed by atoms with Gasteiger partial charge in [0, 0.05) is 12.1 Å². The van der Waals surface area contributed by atoms with Gasteiger partial charge >= 0.3 is 0 Å². The Bertz CT molecular complexity index is 666. The maximum Gasteiger partial charge on any atom is 0.278 e. The van der Waals surface area contributed by atoms with E-state index < -0.39 is 14.9 Å². The zero-order valence-electron chi connectivity index (χ0n) is 8.90. The van der Waals surface area contributed by atoms with E-state index in [0.29, 0.717) is 0 Å². The van der Waals surface area contributed by atoms with Crippen molar-refractivity contribution in [3.8, 4) is 0 Å². The molecule has 1 heterocycles. The molecule has 0 radical (unpaired) electrons. The molecule has 0 atom stereocenters. The van der Waals surface area contributed by atoms with E-state index in [4.69, 9.17) is 0 Å². The number of sulfonamides is 1. The van der Waals surface area contributed by atoms with Crippen LogP contribution in [0.5, 0.6) is 0 Å². The highest BCUT2D eigenvalue weighted by molar-refractivity contribution is 7.92. The molecule has 18 heavy (non-hydrogen) atoms. The van der Waals surface area contributed by atoms with E-state index in [9.17, 15) is 18.5 Å². The first-order valence-electron chi connectivity index (χ1n) is 4.75. The van der Waals surface area contributed by atoms with Crippen LogP contribution in [-0.2, 0) is 10.0 Å². The number of non-ortho nitro benzene ring substituents is 1. The van der Waals surface area contributed by atoms with Crippen molar-refractivity contribution in [3.05, 3.63) is 46.9 Å². The zero-order valence-corrected chi connectivity index (χ0v) is 9.72. The molecule has 0 bridgehead atoms. The van der Waals surface area contributed by atoms with Crippen molar-refractivity contribution >= 4 is 21.4 Å². The number of anilines is 1. The molecule has 0 fully saturated rings. The monoisotopic (exact) mass is 268 g/mol. The van der Waals surface area contributed by atoms with E-state index in [0.717, 1.165) is 12.3 Å². The van der Waals surface area contributed by atoms with Crippen LogP contribution in [0.1, 0.15) is 0 Å². The smallest absolute Gasteiger partial charge is 0.278 e. The van der Waals surface area contributed by atoms with Crippen LogP contribution in [0.2, 0.25) is 0 Å². The van der Waals surface area contributed by atoms with Gasteiger partial charge in [0.2, 0.25) is 0 Å². The topological polar surface area (TPSA) is 118 Å². The number of nitrogens with one attached hydrogen (secondary N) is 2. The molecule has 2 aromatic rings. The summed E-state index contributed by atoms with van der Waals surface area (Å²) in [6.07, 6.45) is 2.36. The fourth-order valence-corrected chi connectivity index (χ4v) is 2.24. The SMILES string of the molecule is O=[N+]([O-])c1cccc(NS(=O)(=O)c2cnc[nH]2)c1. The Kier molecular flexibility index (Phi) is 2.98. The number of nitrogens with zero attached hydrogens (tertiary/aromatic N) is 2. The molecule has 0 unspecified atom stereocenters. The van der Waals surface area contributed by atoms with Gasteiger partial charge in [0.25, 0.3) is 15.7 Å².